The lowest BCUT2D eigenvalue weighted by molar-refractivity contribution is -0.131. The third kappa shape index (κ3) is 4.41. The molecule has 3 nitrogen and oxygen atoms in total. The molecule has 0 bridgehead atoms. The van der Waals surface area contributed by atoms with Crippen LogP contribution in [0.15, 0.2) is 60.8 Å². The van der Waals surface area contributed by atoms with Gasteiger partial charge in [0, 0.05) is 30.2 Å². The molecule has 1 aliphatic rings. The number of aromatic nitrogens is 1. The number of carbonyl (C=O) groups excluding carboxylic acids is 1. The number of H-pyrrole nitrogens is 1. The van der Waals surface area contributed by atoms with E-state index in [0.29, 0.717) is 18.9 Å². The van der Waals surface area contributed by atoms with E-state index in [4.69, 9.17) is 0 Å². The predicted molar refractivity (Wildman–Crippen MR) is 110 cm³/mol. The van der Waals surface area contributed by atoms with E-state index in [1.54, 1.807) is 0 Å². The van der Waals surface area contributed by atoms with Crippen molar-refractivity contribution in [1.82, 2.24) is 9.88 Å². The van der Waals surface area contributed by atoms with Crippen LogP contribution in [0.1, 0.15) is 43.2 Å². The first-order valence-corrected chi connectivity index (χ1v) is 10.2. The third-order valence-corrected chi connectivity index (χ3v) is 5.79. The number of para-hydroxylation sites is 1. The normalized spacial score (nSPS) is 15.1. The summed E-state index contributed by atoms with van der Waals surface area (Å²) in [4.78, 5) is 18.6. The van der Waals surface area contributed by atoms with Crippen LogP contribution in [0, 0.1) is 5.92 Å². The van der Waals surface area contributed by atoms with Crippen molar-refractivity contribution in [2.24, 2.45) is 5.92 Å². The number of aromatic amines is 1. The van der Waals surface area contributed by atoms with Crippen LogP contribution in [0.2, 0.25) is 0 Å². The molecule has 1 aromatic heterocycles. The molecule has 0 atom stereocenters. The van der Waals surface area contributed by atoms with Crippen molar-refractivity contribution in [2.45, 2.75) is 45.1 Å². The number of fused-ring (bicyclic) bond motifs is 1. The minimum Gasteiger partial charge on any atom is -0.361 e. The Hall–Kier alpha value is -2.55. The van der Waals surface area contributed by atoms with Crippen molar-refractivity contribution >= 4 is 16.8 Å². The Balaban J connectivity index is 1.51. The monoisotopic (exact) mass is 360 g/mol. The van der Waals surface area contributed by atoms with Crippen LogP contribution in [0.4, 0.5) is 0 Å². The van der Waals surface area contributed by atoms with Gasteiger partial charge in [0.15, 0.2) is 0 Å². The fourth-order valence-electron chi connectivity index (χ4n) is 4.29. The predicted octanol–water partition coefficient (Wildman–Crippen LogP) is 5.32. The van der Waals surface area contributed by atoms with Gasteiger partial charge in [0.05, 0.1) is 6.42 Å². The molecule has 1 N–H and O–H groups in total. The molecule has 27 heavy (non-hydrogen) atoms. The number of amides is 1. The Labute approximate surface area is 161 Å². The smallest absolute Gasteiger partial charge is 0.227 e. The molecule has 2 aromatic carbocycles. The highest BCUT2D eigenvalue weighted by Crippen LogP contribution is 2.26. The Bertz CT molecular complexity index is 878. The summed E-state index contributed by atoms with van der Waals surface area (Å²) in [5.41, 5.74) is 3.40. The van der Waals surface area contributed by atoms with Gasteiger partial charge in [0.25, 0.3) is 0 Å². The highest BCUT2D eigenvalue weighted by molar-refractivity contribution is 5.88. The van der Waals surface area contributed by atoms with E-state index in [0.717, 1.165) is 23.0 Å². The Morgan fingerprint density at radius 2 is 1.70 bits per heavy atom. The van der Waals surface area contributed by atoms with E-state index in [2.05, 4.69) is 46.3 Å². The number of nitrogens with zero attached hydrogens (tertiary/aromatic N) is 1. The average Bonchev–Trinajstić information content (AvgIpc) is 3.12. The molecule has 1 amide bonds. The minimum atomic E-state index is 0.231. The highest BCUT2D eigenvalue weighted by Gasteiger charge is 2.22. The first-order chi connectivity index (χ1) is 13.3. The molecule has 0 unspecified atom stereocenters. The van der Waals surface area contributed by atoms with E-state index >= 15 is 0 Å². The van der Waals surface area contributed by atoms with Crippen LogP contribution in [0.5, 0.6) is 0 Å². The summed E-state index contributed by atoms with van der Waals surface area (Å²) in [7, 11) is 0. The fraction of sp³-hybridized carbons (Fsp3) is 0.375. The van der Waals surface area contributed by atoms with Gasteiger partial charge in [-0.2, -0.15) is 0 Å². The quantitative estimate of drug-likeness (QED) is 0.634. The lowest BCUT2D eigenvalue weighted by Crippen LogP contribution is -2.36. The molecule has 0 radical (unpaired) electrons. The summed E-state index contributed by atoms with van der Waals surface area (Å²) >= 11 is 0. The van der Waals surface area contributed by atoms with E-state index in [1.165, 1.54) is 37.7 Å². The van der Waals surface area contributed by atoms with Crippen molar-refractivity contribution in [3.63, 3.8) is 0 Å². The molecule has 1 heterocycles. The van der Waals surface area contributed by atoms with Crippen molar-refractivity contribution in [1.29, 1.82) is 0 Å². The van der Waals surface area contributed by atoms with Crippen LogP contribution < -0.4 is 0 Å². The van der Waals surface area contributed by atoms with E-state index in [9.17, 15) is 4.79 Å². The van der Waals surface area contributed by atoms with Gasteiger partial charge in [-0.25, -0.2) is 0 Å². The third-order valence-electron chi connectivity index (χ3n) is 5.79. The van der Waals surface area contributed by atoms with E-state index in [1.807, 2.05) is 24.4 Å². The fourth-order valence-corrected chi connectivity index (χ4v) is 4.29. The molecule has 0 spiro atoms. The van der Waals surface area contributed by atoms with Crippen LogP contribution in [-0.2, 0) is 17.8 Å². The number of carbonyl (C=O) groups is 1. The van der Waals surface area contributed by atoms with Gasteiger partial charge in [0.2, 0.25) is 5.91 Å². The summed E-state index contributed by atoms with van der Waals surface area (Å²) in [5, 5.41) is 1.16. The van der Waals surface area contributed by atoms with Gasteiger partial charge in [-0.3, -0.25) is 4.79 Å². The summed E-state index contributed by atoms with van der Waals surface area (Å²) in [6, 6.07) is 18.6. The second-order valence-corrected chi connectivity index (χ2v) is 7.80. The molecule has 140 valence electrons. The zero-order chi connectivity index (χ0) is 18.5. The molecular formula is C24H28N2O. The summed E-state index contributed by atoms with van der Waals surface area (Å²) in [5.74, 6) is 0.878. The first-order valence-electron chi connectivity index (χ1n) is 10.2. The molecule has 1 aliphatic carbocycles. The van der Waals surface area contributed by atoms with Crippen molar-refractivity contribution in [3.8, 4) is 0 Å². The number of hydrogen-bond acceptors (Lipinski definition) is 1. The zero-order valence-electron chi connectivity index (χ0n) is 15.9. The molecular weight excluding hydrogens is 332 g/mol. The summed E-state index contributed by atoms with van der Waals surface area (Å²) in [6.45, 7) is 1.59. The second kappa shape index (κ2) is 8.43. The number of hydrogen-bond donors (Lipinski definition) is 1. The maximum absolute atomic E-state index is 13.2. The van der Waals surface area contributed by atoms with Gasteiger partial charge >= 0.3 is 0 Å². The van der Waals surface area contributed by atoms with Gasteiger partial charge in [0.1, 0.15) is 0 Å². The van der Waals surface area contributed by atoms with Gasteiger partial charge < -0.3 is 9.88 Å². The van der Waals surface area contributed by atoms with Crippen LogP contribution in [0.3, 0.4) is 0 Å². The van der Waals surface area contributed by atoms with Crippen molar-refractivity contribution < 1.29 is 4.79 Å². The Kier molecular flexibility index (Phi) is 5.57. The van der Waals surface area contributed by atoms with Crippen LogP contribution >= 0.6 is 0 Å². The molecule has 3 aromatic rings. The van der Waals surface area contributed by atoms with Crippen LogP contribution in [-0.4, -0.2) is 22.3 Å². The van der Waals surface area contributed by atoms with Gasteiger partial charge in [-0.1, -0.05) is 67.8 Å². The minimum absolute atomic E-state index is 0.231. The largest absolute Gasteiger partial charge is 0.361 e. The molecule has 1 fully saturated rings. The van der Waals surface area contributed by atoms with Gasteiger partial charge in [-0.15, -0.1) is 0 Å². The Morgan fingerprint density at radius 3 is 2.52 bits per heavy atom. The average molecular weight is 361 g/mol. The van der Waals surface area contributed by atoms with Crippen molar-refractivity contribution in [2.75, 3.05) is 6.54 Å². The number of benzene rings is 2. The summed E-state index contributed by atoms with van der Waals surface area (Å²) in [6.07, 6.45) is 8.92. The molecule has 0 saturated heterocycles. The maximum Gasteiger partial charge on any atom is 0.227 e. The summed E-state index contributed by atoms with van der Waals surface area (Å²) < 4.78 is 0. The zero-order valence-corrected chi connectivity index (χ0v) is 15.9. The molecule has 3 heteroatoms. The molecule has 0 aliphatic heterocycles. The lowest BCUT2D eigenvalue weighted by atomic mass is 9.88. The van der Waals surface area contributed by atoms with Crippen LogP contribution in [0.25, 0.3) is 10.9 Å². The van der Waals surface area contributed by atoms with Gasteiger partial charge in [-0.05, 0) is 36.0 Å². The topological polar surface area (TPSA) is 36.1 Å². The highest BCUT2D eigenvalue weighted by atomic mass is 16.2. The lowest BCUT2D eigenvalue weighted by Gasteiger charge is -2.30. The second-order valence-electron chi connectivity index (χ2n) is 7.80. The van der Waals surface area contributed by atoms with E-state index in [-0.39, 0.29) is 5.91 Å². The maximum atomic E-state index is 13.2. The number of nitrogens with one attached hydrogen (secondary N) is 1. The van der Waals surface area contributed by atoms with Crippen molar-refractivity contribution in [3.05, 3.63) is 71.9 Å². The van der Waals surface area contributed by atoms with E-state index < -0.39 is 0 Å². The Morgan fingerprint density at radius 1 is 0.963 bits per heavy atom. The molecule has 1 saturated carbocycles. The first kappa shape index (κ1) is 17.8. The standard InChI is InChI=1S/C24H28N2O/c27-24(15-21-16-25-23-14-8-7-13-22(21)23)26(17-19-9-3-1-4-10-19)18-20-11-5-2-6-12-20/h1,3-4,7-10,13-14,16,20,25H,2,5-6,11-12,15,17-18H2. The number of rotatable bonds is 6. The SMILES string of the molecule is O=C(Cc1c[nH]c2ccccc12)N(Cc1ccccc1)CC1CCCCC1. The molecule has 4 rings (SSSR count).